The first-order valence-electron chi connectivity index (χ1n) is 8.29. The molecular weight excluding hydrogens is 390 g/mol. The lowest BCUT2D eigenvalue weighted by Crippen LogP contribution is -2.30. The van der Waals surface area contributed by atoms with Crippen LogP contribution in [0.25, 0.3) is 22.1 Å². The molecule has 3 rings (SSSR count). The van der Waals surface area contributed by atoms with Gasteiger partial charge in [-0.05, 0) is 43.3 Å². The number of fused-ring (bicyclic) bond motifs is 1. The van der Waals surface area contributed by atoms with Crippen LogP contribution in [0.2, 0.25) is 0 Å². The molecule has 0 bridgehead atoms. The number of thiophene rings is 1. The van der Waals surface area contributed by atoms with E-state index in [0.29, 0.717) is 35.0 Å². The van der Waals surface area contributed by atoms with Gasteiger partial charge in [-0.15, -0.1) is 11.3 Å². The number of nitrogens with one attached hydrogen (secondary N) is 1. The van der Waals surface area contributed by atoms with Crippen LogP contribution >= 0.6 is 22.9 Å². The molecule has 3 aromatic rings. The standard InChI is InChI=1S/C18H20ClN3O2S2/c1-4-22(5-2)26(23,24)14-8-9-16-17(11-14)21-18(20-16)15(19)10-13-7-6-12(3)25-13/h6-11H,4-5H2,1-3H3,(H,20,21)/b15-10-. The average molecular weight is 410 g/mol. The fraction of sp³-hybridized carbons (Fsp3) is 0.278. The third-order valence-corrected chi connectivity index (χ3v) is 7.33. The predicted molar refractivity (Wildman–Crippen MR) is 109 cm³/mol. The highest BCUT2D eigenvalue weighted by molar-refractivity contribution is 7.89. The lowest BCUT2D eigenvalue weighted by Gasteiger charge is -2.18. The predicted octanol–water partition coefficient (Wildman–Crippen LogP) is 4.70. The summed E-state index contributed by atoms with van der Waals surface area (Å²) in [5, 5.41) is 0.483. The topological polar surface area (TPSA) is 66.1 Å². The minimum absolute atomic E-state index is 0.248. The Morgan fingerprint density at radius 3 is 2.62 bits per heavy atom. The summed E-state index contributed by atoms with van der Waals surface area (Å²) in [4.78, 5) is 10.1. The second-order valence-corrected chi connectivity index (χ2v) is 9.46. The van der Waals surface area contributed by atoms with Gasteiger partial charge in [-0.2, -0.15) is 4.31 Å². The maximum atomic E-state index is 12.7. The maximum Gasteiger partial charge on any atom is 0.243 e. The van der Waals surface area contributed by atoms with Crippen LogP contribution in [0.1, 0.15) is 29.4 Å². The minimum atomic E-state index is -3.51. The lowest BCUT2D eigenvalue weighted by molar-refractivity contribution is 0.445. The Bertz CT molecular complexity index is 1060. The third kappa shape index (κ3) is 3.71. The number of hydrogen-bond donors (Lipinski definition) is 1. The first kappa shape index (κ1) is 19.1. The number of aryl methyl sites for hydroxylation is 1. The van der Waals surface area contributed by atoms with Crippen molar-refractivity contribution in [2.75, 3.05) is 13.1 Å². The van der Waals surface area contributed by atoms with Crippen LogP contribution in [0.3, 0.4) is 0 Å². The van der Waals surface area contributed by atoms with Crippen LogP contribution in [0.15, 0.2) is 35.2 Å². The molecular formula is C18H20ClN3O2S2. The molecule has 8 heteroatoms. The van der Waals surface area contributed by atoms with E-state index in [9.17, 15) is 8.42 Å². The molecule has 1 aromatic carbocycles. The Labute approximate surface area is 162 Å². The second kappa shape index (κ2) is 7.52. The van der Waals surface area contributed by atoms with Crippen molar-refractivity contribution in [3.8, 4) is 0 Å². The molecule has 0 spiro atoms. The van der Waals surface area contributed by atoms with Gasteiger partial charge in [0.25, 0.3) is 0 Å². The Morgan fingerprint density at radius 1 is 1.27 bits per heavy atom. The van der Waals surface area contributed by atoms with Gasteiger partial charge in [-0.1, -0.05) is 25.4 Å². The molecule has 0 atom stereocenters. The van der Waals surface area contributed by atoms with Crippen molar-refractivity contribution >= 4 is 55.1 Å². The van der Waals surface area contributed by atoms with E-state index in [4.69, 9.17) is 11.6 Å². The molecule has 2 aromatic heterocycles. The van der Waals surface area contributed by atoms with Gasteiger partial charge < -0.3 is 4.98 Å². The number of aromatic nitrogens is 2. The zero-order valence-electron chi connectivity index (χ0n) is 14.8. The van der Waals surface area contributed by atoms with Crippen LogP contribution < -0.4 is 0 Å². The lowest BCUT2D eigenvalue weighted by atomic mass is 10.3. The van der Waals surface area contributed by atoms with E-state index < -0.39 is 10.0 Å². The molecule has 0 fully saturated rings. The monoisotopic (exact) mass is 409 g/mol. The van der Waals surface area contributed by atoms with Crippen molar-refractivity contribution in [2.24, 2.45) is 0 Å². The Hall–Kier alpha value is -1.67. The number of rotatable bonds is 6. The van der Waals surface area contributed by atoms with Crippen LogP contribution in [-0.2, 0) is 10.0 Å². The highest BCUT2D eigenvalue weighted by Gasteiger charge is 2.22. The Balaban J connectivity index is 1.99. The van der Waals surface area contributed by atoms with E-state index in [1.807, 2.05) is 39.0 Å². The Kier molecular flexibility index (Phi) is 5.53. The van der Waals surface area contributed by atoms with Crippen molar-refractivity contribution in [3.63, 3.8) is 0 Å². The quantitative estimate of drug-likeness (QED) is 0.641. The van der Waals surface area contributed by atoms with Gasteiger partial charge >= 0.3 is 0 Å². The molecule has 1 N–H and O–H groups in total. The molecule has 2 heterocycles. The molecule has 26 heavy (non-hydrogen) atoms. The van der Waals surface area contributed by atoms with Crippen molar-refractivity contribution < 1.29 is 8.42 Å². The van der Waals surface area contributed by atoms with Gasteiger partial charge in [0, 0.05) is 22.8 Å². The summed E-state index contributed by atoms with van der Waals surface area (Å²) in [5.41, 5.74) is 1.31. The summed E-state index contributed by atoms with van der Waals surface area (Å²) in [5.74, 6) is 0.519. The molecule has 0 saturated carbocycles. The molecule has 0 amide bonds. The average Bonchev–Trinajstić information content (AvgIpc) is 3.21. The molecule has 0 radical (unpaired) electrons. The molecule has 0 saturated heterocycles. The fourth-order valence-corrected chi connectivity index (χ4v) is 5.28. The number of nitrogens with zero attached hydrogens (tertiary/aromatic N) is 2. The number of benzene rings is 1. The van der Waals surface area contributed by atoms with Crippen molar-refractivity contribution in [1.82, 2.24) is 14.3 Å². The van der Waals surface area contributed by atoms with Crippen LogP contribution in [-0.4, -0.2) is 35.8 Å². The van der Waals surface area contributed by atoms with Crippen molar-refractivity contribution in [3.05, 3.63) is 45.9 Å². The molecule has 5 nitrogen and oxygen atoms in total. The maximum absolute atomic E-state index is 12.7. The highest BCUT2D eigenvalue weighted by atomic mass is 35.5. The number of imidazole rings is 1. The normalized spacial score (nSPS) is 13.0. The van der Waals surface area contributed by atoms with Gasteiger partial charge in [0.15, 0.2) is 0 Å². The summed E-state index contributed by atoms with van der Waals surface area (Å²) in [6.45, 7) is 6.55. The van der Waals surface area contributed by atoms with Gasteiger partial charge in [0.05, 0.1) is 21.0 Å². The molecule has 0 unspecified atom stereocenters. The van der Waals surface area contributed by atoms with E-state index in [0.717, 1.165) is 4.88 Å². The summed E-state index contributed by atoms with van der Waals surface area (Å²) in [6.07, 6.45) is 1.85. The number of halogens is 1. The smallest absolute Gasteiger partial charge is 0.243 e. The first-order chi connectivity index (χ1) is 12.3. The molecule has 0 aliphatic rings. The summed E-state index contributed by atoms with van der Waals surface area (Å²) in [6, 6.07) is 8.93. The largest absolute Gasteiger partial charge is 0.337 e. The Morgan fingerprint density at radius 2 is 2.00 bits per heavy atom. The first-order valence-corrected chi connectivity index (χ1v) is 10.9. The van der Waals surface area contributed by atoms with Gasteiger partial charge in [0.2, 0.25) is 10.0 Å². The van der Waals surface area contributed by atoms with E-state index in [2.05, 4.69) is 9.97 Å². The van der Waals surface area contributed by atoms with Crippen LogP contribution in [0, 0.1) is 6.92 Å². The SMILES string of the molecule is CCN(CC)S(=O)(=O)c1ccc2nc(/C(Cl)=C/c3ccc(C)s3)[nH]c2c1. The summed E-state index contributed by atoms with van der Waals surface area (Å²) >= 11 is 8.04. The summed E-state index contributed by atoms with van der Waals surface area (Å²) in [7, 11) is -3.51. The zero-order chi connectivity index (χ0) is 18.9. The fourth-order valence-electron chi connectivity index (χ4n) is 2.70. The highest BCUT2D eigenvalue weighted by Crippen LogP contribution is 2.27. The van der Waals surface area contributed by atoms with Crippen LogP contribution in [0.5, 0.6) is 0 Å². The van der Waals surface area contributed by atoms with Crippen molar-refractivity contribution in [2.45, 2.75) is 25.7 Å². The summed E-state index contributed by atoms with van der Waals surface area (Å²) < 4.78 is 26.8. The number of sulfonamides is 1. The molecule has 0 aliphatic heterocycles. The minimum Gasteiger partial charge on any atom is -0.337 e. The number of aromatic amines is 1. The van der Waals surface area contributed by atoms with E-state index >= 15 is 0 Å². The second-order valence-electron chi connectivity index (χ2n) is 5.79. The number of hydrogen-bond acceptors (Lipinski definition) is 4. The van der Waals surface area contributed by atoms with Gasteiger partial charge in [0.1, 0.15) is 5.82 Å². The van der Waals surface area contributed by atoms with Crippen molar-refractivity contribution in [1.29, 1.82) is 0 Å². The molecule has 138 valence electrons. The van der Waals surface area contributed by atoms with E-state index in [-0.39, 0.29) is 4.90 Å². The van der Waals surface area contributed by atoms with Gasteiger partial charge in [-0.25, -0.2) is 13.4 Å². The number of H-pyrrole nitrogens is 1. The van der Waals surface area contributed by atoms with E-state index in [1.165, 1.54) is 9.18 Å². The van der Waals surface area contributed by atoms with E-state index in [1.54, 1.807) is 29.5 Å². The molecule has 0 aliphatic carbocycles. The zero-order valence-corrected chi connectivity index (χ0v) is 17.2. The third-order valence-electron chi connectivity index (χ3n) is 4.05. The van der Waals surface area contributed by atoms with Crippen LogP contribution in [0.4, 0.5) is 0 Å². The van der Waals surface area contributed by atoms with Gasteiger partial charge in [-0.3, -0.25) is 0 Å².